The first-order valence-corrected chi connectivity index (χ1v) is 7.92. The summed E-state index contributed by atoms with van der Waals surface area (Å²) in [4.78, 5) is 0. The van der Waals surface area contributed by atoms with Crippen molar-refractivity contribution in [1.82, 2.24) is 5.32 Å². The van der Waals surface area contributed by atoms with E-state index in [0.29, 0.717) is 0 Å². The van der Waals surface area contributed by atoms with Crippen molar-refractivity contribution in [2.45, 2.75) is 33.7 Å². The number of ether oxygens (including phenoxy) is 1. The maximum absolute atomic E-state index is 5.81. The summed E-state index contributed by atoms with van der Waals surface area (Å²) in [5, 5.41) is 3.55. The molecule has 1 heterocycles. The largest absolute Gasteiger partial charge is 0.496 e. The van der Waals surface area contributed by atoms with Crippen LogP contribution in [0.5, 0.6) is 5.75 Å². The predicted octanol–water partition coefficient (Wildman–Crippen LogP) is 4.67. The molecule has 1 unspecified atom stereocenters. The molecule has 0 bridgehead atoms. The van der Waals surface area contributed by atoms with Crippen LogP contribution in [0.15, 0.2) is 27.1 Å². The van der Waals surface area contributed by atoms with E-state index < -0.39 is 0 Å². The third-order valence-corrected chi connectivity index (χ3v) is 4.31. The average Bonchev–Trinajstić information content (AvgIpc) is 2.70. The fourth-order valence-corrected chi connectivity index (χ4v) is 3.12. The predicted molar refractivity (Wildman–Crippen MR) is 89.1 cm³/mol. The summed E-state index contributed by atoms with van der Waals surface area (Å²) in [6, 6.07) is 6.14. The Morgan fingerprint density at radius 3 is 2.48 bits per heavy atom. The van der Waals surface area contributed by atoms with Crippen LogP contribution >= 0.6 is 15.9 Å². The number of rotatable bonds is 5. The van der Waals surface area contributed by atoms with Crippen molar-refractivity contribution in [3.05, 3.63) is 50.9 Å². The molecule has 0 aliphatic rings. The second-order valence-corrected chi connectivity index (χ2v) is 6.05. The number of benzene rings is 1. The van der Waals surface area contributed by atoms with Crippen LogP contribution in [0.25, 0.3) is 0 Å². The Labute approximate surface area is 134 Å². The molecule has 2 aromatic rings. The first-order chi connectivity index (χ1) is 9.99. The molecule has 0 saturated heterocycles. The van der Waals surface area contributed by atoms with E-state index in [1.807, 2.05) is 26.0 Å². The van der Waals surface area contributed by atoms with Gasteiger partial charge in [0.2, 0.25) is 0 Å². The van der Waals surface area contributed by atoms with Gasteiger partial charge in [0.25, 0.3) is 0 Å². The Hall–Kier alpha value is -1.26. The summed E-state index contributed by atoms with van der Waals surface area (Å²) in [5.74, 6) is 2.80. The second-order valence-electron chi connectivity index (χ2n) is 5.13. The molecule has 0 fully saturated rings. The van der Waals surface area contributed by atoms with Gasteiger partial charge in [-0.2, -0.15) is 0 Å². The smallest absolute Gasteiger partial charge is 0.124 e. The summed E-state index contributed by atoms with van der Waals surface area (Å²) in [6.45, 7) is 9.10. The molecular weight excluding hydrogens is 330 g/mol. The molecule has 0 spiro atoms. The van der Waals surface area contributed by atoms with E-state index in [1.54, 1.807) is 7.11 Å². The van der Waals surface area contributed by atoms with Crippen molar-refractivity contribution < 1.29 is 9.15 Å². The summed E-state index contributed by atoms with van der Waals surface area (Å²) >= 11 is 3.55. The Kier molecular flexibility index (Phi) is 5.12. The van der Waals surface area contributed by atoms with Gasteiger partial charge in [0, 0.05) is 15.6 Å². The molecule has 3 nitrogen and oxygen atoms in total. The average molecular weight is 352 g/mol. The lowest BCUT2D eigenvalue weighted by Crippen LogP contribution is -2.23. The van der Waals surface area contributed by atoms with E-state index in [0.717, 1.165) is 33.9 Å². The van der Waals surface area contributed by atoms with Gasteiger partial charge >= 0.3 is 0 Å². The van der Waals surface area contributed by atoms with Gasteiger partial charge in [-0.3, -0.25) is 0 Å². The number of hydrogen-bond donors (Lipinski definition) is 1. The summed E-state index contributed by atoms with van der Waals surface area (Å²) in [7, 11) is 1.70. The molecule has 1 atom stereocenters. The van der Waals surface area contributed by atoms with Gasteiger partial charge in [-0.1, -0.05) is 22.9 Å². The third kappa shape index (κ3) is 3.16. The highest BCUT2D eigenvalue weighted by atomic mass is 79.9. The number of furan rings is 1. The third-order valence-electron chi connectivity index (χ3n) is 3.82. The zero-order valence-corrected chi connectivity index (χ0v) is 14.8. The molecule has 0 radical (unpaired) electrons. The second kappa shape index (κ2) is 6.67. The van der Waals surface area contributed by atoms with Gasteiger partial charge in [0.15, 0.2) is 0 Å². The van der Waals surface area contributed by atoms with Crippen LogP contribution in [0.2, 0.25) is 0 Å². The number of methoxy groups -OCH3 is 1. The first kappa shape index (κ1) is 16.1. The summed E-state index contributed by atoms with van der Waals surface area (Å²) < 4.78 is 12.4. The van der Waals surface area contributed by atoms with Crippen LogP contribution in [0.3, 0.4) is 0 Å². The summed E-state index contributed by atoms with van der Waals surface area (Å²) in [5.41, 5.74) is 3.51. The van der Waals surface area contributed by atoms with Crippen molar-refractivity contribution >= 4 is 15.9 Å². The molecule has 0 saturated carbocycles. The lowest BCUT2D eigenvalue weighted by atomic mass is 9.94. The van der Waals surface area contributed by atoms with Gasteiger partial charge in [-0.25, -0.2) is 0 Å². The number of aryl methyl sites for hydroxylation is 2. The van der Waals surface area contributed by atoms with Gasteiger partial charge < -0.3 is 14.5 Å². The Balaban J connectivity index is 2.61. The highest BCUT2D eigenvalue weighted by molar-refractivity contribution is 9.10. The monoisotopic (exact) mass is 351 g/mol. The normalized spacial score (nSPS) is 12.5. The molecule has 0 amide bonds. The van der Waals surface area contributed by atoms with E-state index in [2.05, 4.69) is 41.2 Å². The molecule has 1 aromatic carbocycles. The first-order valence-electron chi connectivity index (χ1n) is 7.12. The van der Waals surface area contributed by atoms with Crippen molar-refractivity contribution in [3.63, 3.8) is 0 Å². The zero-order chi connectivity index (χ0) is 15.6. The van der Waals surface area contributed by atoms with Gasteiger partial charge in [0.05, 0.1) is 13.2 Å². The molecular formula is C17H22BrNO2. The SMILES string of the molecule is CCNC(c1cc(Br)ccc1OC)c1c(C)oc(C)c1C. The van der Waals surface area contributed by atoms with Gasteiger partial charge in [-0.05, 0) is 51.1 Å². The standard InChI is InChI=1S/C17H22BrNO2/c1-6-19-17(16-10(2)11(3)21-12(16)4)14-9-13(18)7-8-15(14)20-5/h7-9,17,19H,6H2,1-5H3. The lowest BCUT2D eigenvalue weighted by Gasteiger charge is -2.22. The van der Waals surface area contributed by atoms with E-state index in [9.17, 15) is 0 Å². The molecule has 1 N–H and O–H groups in total. The number of hydrogen-bond acceptors (Lipinski definition) is 3. The molecule has 0 aliphatic carbocycles. The quantitative estimate of drug-likeness (QED) is 0.849. The van der Waals surface area contributed by atoms with Crippen LogP contribution < -0.4 is 10.1 Å². The minimum atomic E-state index is 0.0555. The molecule has 1 aromatic heterocycles. The topological polar surface area (TPSA) is 34.4 Å². The van der Waals surface area contributed by atoms with Crippen LogP contribution in [0, 0.1) is 20.8 Å². The number of nitrogens with one attached hydrogen (secondary N) is 1. The van der Waals surface area contributed by atoms with E-state index in [4.69, 9.17) is 9.15 Å². The van der Waals surface area contributed by atoms with E-state index in [-0.39, 0.29) is 6.04 Å². The molecule has 21 heavy (non-hydrogen) atoms. The van der Waals surface area contributed by atoms with E-state index in [1.165, 1.54) is 11.1 Å². The van der Waals surface area contributed by atoms with Crippen LogP contribution in [0.4, 0.5) is 0 Å². The molecule has 0 aliphatic heterocycles. The highest BCUT2D eigenvalue weighted by Crippen LogP contribution is 2.36. The number of halogens is 1. The fraction of sp³-hybridized carbons (Fsp3) is 0.412. The lowest BCUT2D eigenvalue weighted by molar-refractivity contribution is 0.403. The van der Waals surface area contributed by atoms with Crippen molar-refractivity contribution in [2.75, 3.05) is 13.7 Å². The van der Waals surface area contributed by atoms with Crippen molar-refractivity contribution in [1.29, 1.82) is 0 Å². The van der Waals surface area contributed by atoms with Crippen LogP contribution in [-0.4, -0.2) is 13.7 Å². The minimum Gasteiger partial charge on any atom is -0.496 e. The molecule has 4 heteroatoms. The van der Waals surface area contributed by atoms with Crippen molar-refractivity contribution in [3.8, 4) is 5.75 Å². The highest BCUT2D eigenvalue weighted by Gasteiger charge is 2.24. The Bertz CT molecular complexity index is 634. The Morgan fingerprint density at radius 1 is 1.24 bits per heavy atom. The molecule has 114 valence electrons. The summed E-state index contributed by atoms with van der Waals surface area (Å²) in [6.07, 6.45) is 0. The van der Waals surface area contributed by atoms with E-state index >= 15 is 0 Å². The van der Waals surface area contributed by atoms with Gasteiger partial charge in [0.1, 0.15) is 17.3 Å². The van der Waals surface area contributed by atoms with Crippen LogP contribution in [0.1, 0.15) is 41.2 Å². The van der Waals surface area contributed by atoms with Crippen LogP contribution in [-0.2, 0) is 0 Å². The maximum Gasteiger partial charge on any atom is 0.124 e. The fourth-order valence-electron chi connectivity index (χ4n) is 2.74. The minimum absolute atomic E-state index is 0.0555. The maximum atomic E-state index is 5.81. The Morgan fingerprint density at radius 2 is 1.95 bits per heavy atom. The van der Waals surface area contributed by atoms with Gasteiger partial charge in [-0.15, -0.1) is 0 Å². The van der Waals surface area contributed by atoms with Crippen molar-refractivity contribution in [2.24, 2.45) is 0 Å². The zero-order valence-electron chi connectivity index (χ0n) is 13.2. The molecule has 2 rings (SSSR count).